The molecule has 0 heterocycles. The van der Waals surface area contributed by atoms with Crippen LogP contribution in [0.4, 0.5) is 4.39 Å². The van der Waals surface area contributed by atoms with Gasteiger partial charge in [0.2, 0.25) is 0 Å². The second-order valence-electron chi connectivity index (χ2n) is 4.19. The summed E-state index contributed by atoms with van der Waals surface area (Å²) in [5.74, 6) is 1.08. The summed E-state index contributed by atoms with van der Waals surface area (Å²) in [6, 6.07) is 5.06. The van der Waals surface area contributed by atoms with Gasteiger partial charge in [-0.05, 0) is 25.5 Å². The molecule has 0 aliphatic heterocycles. The van der Waals surface area contributed by atoms with Gasteiger partial charge in [-0.15, -0.1) is 0 Å². The van der Waals surface area contributed by atoms with E-state index >= 15 is 0 Å². The zero-order valence-electron chi connectivity index (χ0n) is 8.89. The highest BCUT2D eigenvalue weighted by Gasteiger charge is 2.12. The van der Waals surface area contributed by atoms with Crippen LogP contribution in [0, 0.1) is 5.82 Å². The van der Waals surface area contributed by atoms with Gasteiger partial charge in [-0.25, -0.2) is 4.39 Å². The van der Waals surface area contributed by atoms with E-state index in [9.17, 15) is 4.39 Å². The number of halogens is 2. The highest BCUT2D eigenvalue weighted by Crippen LogP contribution is 2.23. The van der Waals surface area contributed by atoms with Crippen molar-refractivity contribution in [1.29, 1.82) is 0 Å². The van der Waals surface area contributed by atoms with E-state index < -0.39 is 0 Å². The minimum Gasteiger partial charge on any atom is -0.325 e. The second kappa shape index (κ2) is 5.19. The Morgan fingerprint density at radius 1 is 1.47 bits per heavy atom. The quantitative estimate of drug-likeness (QED) is 0.882. The van der Waals surface area contributed by atoms with E-state index in [1.807, 2.05) is 13.8 Å². The van der Waals surface area contributed by atoms with Crippen molar-refractivity contribution < 1.29 is 4.39 Å². The van der Waals surface area contributed by atoms with Crippen molar-refractivity contribution in [2.75, 3.05) is 5.75 Å². The van der Waals surface area contributed by atoms with Gasteiger partial charge in [-0.2, -0.15) is 11.8 Å². The van der Waals surface area contributed by atoms with Gasteiger partial charge in [0.05, 0.1) is 5.02 Å². The highest BCUT2D eigenvalue weighted by molar-refractivity contribution is 7.98. The lowest BCUT2D eigenvalue weighted by Gasteiger charge is -2.17. The number of thioether (sulfide) groups is 1. The molecule has 0 saturated heterocycles. The summed E-state index contributed by atoms with van der Waals surface area (Å²) in [4.78, 5) is 0. The molecule has 1 rings (SSSR count). The Kier molecular flexibility index (Phi) is 4.44. The zero-order valence-corrected chi connectivity index (χ0v) is 10.5. The molecular weight excluding hydrogens is 233 g/mol. The van der Waals surface area contributed by atoms with E-state index in [1.54, 1.807) is 30.0 Å². The molecule has 0 unspecified atom stereocenters. The van der Waals surface area contributed by atoms with Crippen LogP contribution < -0.4 is 5.73 Å². The van der Waals surface area contributed by atoms with Crippen molar-refractivity contribution >= 4 is 23.4 Å². The summed E-state index contributed by atoms with van der Waals surface area (Å²) in [7, 11) is 0. The fraction of sp³-hybridized carbons (Fsp3) is 0.455. The summed E-state index contributed by atoms with van der Waals surface area (Å²) in [6.07, 6.45) is 0. The average Bonchev–Trinajstić information content (AvgIpc) is 2.10. The first-order valence-electron chi connectivity index (χ1n) is 4.70. The first kappa shape index (κ1) is 12.8. The zero-order chi connectivity index (χ0) is 11.5. The van der Waals surface area contributed by atoms with E-state index in [0.717, 1.165) is 5.75 Å². The molecule has 0 aromatic heterocycles. The number of nitrogens with two attached hydrogens (primary N) is 1. The van der Waals surface area contributed by atoms with Crippen molar-refractivity contribution in [2.24, 2.45) is 5.73 Å². The molecule has 0 aliphatic rings. The maximum atomic E-state index is 13.4. The predicted octanol–water partition coefficient (Wildman–Crippen LogP) is 3.45. The number of benzene rings is 1. The molecule has 15 heavy (non-hydrogen) atoms. The van der Waals surface area contributed by atoms with Crippen LogP contribution in [-0.2, 0) is 5.75 Å². The molecule has 0 radical (unpaired) electrons. The topological polar surface area (TPSA) is 26.0 Å². The third-order valence-corrected chi connectivity index (χ3v) is 3.52. The van der Waals surface area contributed by atoms with E-state index in [0.29, 0.717) is 11.3 Å². The van der Waals surface area contributed by atoms with Crippen molar-refractivity contribution in [1.82, 2.24) is 0 Å². The largest absolute Gasteiger partial charge is 0.325 e. The van der Waals surface area contributed by atoms with Crippen molar-refractivity contribution in [3.63, 3.8) is 0 Å². The molecule has 0 bridgehead atoms. The normalized spacial score (nSPS) is 11.8. The number of hydrogen-bond acceptors (Lipinski definition) is 2. The smallest absolute Gasteiger partial charge is 0.145 e. The van der Waals surface area contributed by atoms with E-state index in [2.05, 4.69) is 0 Å². The Morgan fingerprint density at radius 3 is 2.73 bits per heavy atom. The van der Waals surface area contributed by atoms with Crippen molar-refractivity contribution in [3.8, 4) is 0 Å². The predicted molar refractivity (Wildman–Crippen MR) is 65.8 cm³/mol. The van der Waals surface area contributed by atoms with Gasteiger partial charge in [-0.1, -0.05) is 23.7 Å². The summed E-state index contributed by atoms with van der Waals surface area (Å²) in [5.41, 5.74) is 6.24. The Hall–Kier alpha value is -0.250. The molecule has 0 amide bonds. The van der Waals surface area contributed by atoms with Crippen molar-refractivity contribution in [2.45, 2.75) is 25.1 Å². The minimum atomic E-state index is -0.318. The Bertz CT molecular complexity index is 336. The van der Waals surface area contributed by atoms with Crippen LogP contribution >= 0.6 is 23.4 Å². The fourth-order valence-corrected chi connectivity index (χ4v) is 2.35. The molecule has 0 aliphatic carbocycles. The molecule has 1 aromatic carbocycles. The van der Waals surface area contributed by atoms with Gasteiger partial charge in [-0.3, -0.25) is 0 Å². The molecule has 0 saturated carbocycles. The van der Waals surface area contributed by atoms with Gasteiger partial charge < -0.3 is 5.73 Å². The Labute approximate surface area is 99.2 Å². The minimum absolute atomic E-state index is 0.181. The van der Waals surface area contributed by atoms with Crippen LogP contribution in [0.5, 0.6) is 0 Å². The monoisotopic (exact) mass is 247 g/mol. The van der Waals surface area contributed by atoms with E-state index in [-0.39, 0.29) is 16.4 Å². The van der Waals surface area contributed by atoms with Crippen LogP contribution in [0.2, 0.25) is 5.02 Å². The van der Waals surface area contributed by atoms with Gasteiger partial charge in [0.1, 0.15) is 5.82 Å². The molecule has 2 N–H and O–H groups in total. The standard InChI is InChI=1S/C11H15ClFNS/c1-11(2,14)7-15-6-8-4-3-5-9(12)10(8)13/h3-5H,6-7,14H2,1-2H3. The Balaban J connectivity index is 2.55. The van der Waals surface area contributed by atoms with Gasteiger partial charge >= 0.3 is 0 Å². The maximum Gasteiger partial charge on any atom is 0.145 e. The third kappa shape index (κ3) is 4.41. The molecule has 0 fully saturated rings. The summed E-state index contributed by atoms with van der Waals surface area (Å²) < 4.78 is 13.4. The summed E-state index contributed by atoms with van der Waals surface area (Å²) in [6.45, 7) is 3.91. The second-order valence-corrected chi connectivity index (χ2v) is 5.59. The SMILES string of the molecule is CC(C)(N)CSCc1cccc(Cl)c1F. The molecule has 4 heteroatoms. The van der Waals surface area contributed by atoms with E-state index in [1.165, 1.54) is 0 Å². The first-order chi connectivity index (χ1) is 6.90. The average molecular weight is 248 g/mol. The lowest BCUT2D eigenvalue weighted by Crippen LogP contribution is -2.34. The van der Waals surface area contributed by atoms with E-state index in [4.69, 9.17) is 17.3 Å². The van der Waals surface area contributed by atoms with Gasteiger partial charge in [0, 0.05) is 17.0 Å². The molecule has 1 aromatic rings. The van der Waals surface area contributed by atoms with Crippen LogP contribution in [0.1, 0.15) is 19.4 Å². The van der Waals surface area contributed by atoms with Crippen LogP contribution in [0.3, 0.4) is 0 Å². The van der Waals surface area contributed by atoms with Crippen LogP contribution in [-0.4, -0.2) is 11.3 Å². The number of hydrogen-bond donors (Lipinski definition) is 1. The maximum absolute atomic E-state index is 13.4. The third-order valence-electron chi connectivity index (χ3n) is 1.76. The molecule has 1 nitrogen and oxygen atoms in total. The summed E-state index contributed by atoms with van der Waals surface area (Å²) >= 11 is 7.29. The van der Waals surface area contributed by atoms with Crippen LogP contribution in [0.25, 0.3) is 0 Å². The fourth-order valence-electron chi connectivity index (χ4n) is 1.08. The van der Waals surface area contributed by atoms with Crippen LogP contribution in [0.15, 0.2) is 18.2 Å². The van der Waals surface area contributed by atoms with Crippen molar-refractivity contribution in [3.05, 3.63) is 34.6 Å². The highest BCUT2D eigenvalue weighted by atomic mass is 35.5. The summed E-state index contributed by atoms with van der Waals surface area (Å²) in [5, 5.41) is 0.181. The number of rotatable bonds is 4. The molecule has 0 spiro atoms. The molecular formula is C11H15ClFNS. The first-order valence-corrected chi connectivity index (χ1v) is 6.23. The molecule has 0 atom stereocenters. The lowest BCUT2D eigenvalue weighted by atomic mass is 10.1. The lowest BCUT2D eigenvalue weighted by molar-refractivity contribution is 0.590. The Morgan fingerprint density at radius 2 is 2.13 bits per heavy atom. The molecule has 84 valence electrons. The van der Waals surface area contributed by atoms with Gasteiger partial charge in [0.15, 0.2) is 0 Å². The van der Waals surface area contributed by atoms with Gasteiger partial charge in [0.25, 0.3) is 0 Å².